The molecular formula is C18H23N3O2S. The zero-order valence-electron chi connectivity index (χ0n) is 14.5. The molecule has 0 fully saturated rings. The Labute approximate surface area is 146 Å². The van der Waals surface area contributed by atoms with Crippen molar-refractivity contribution in [1.82, 2.24) is 9.78 Å². The lowest BCUT2D eigenvalue weighted by molar-refractivity contribution is -0.117. The van der Waals surface area contributed by atoms with E-state index >= 15 is 0 Å². The van der Waals surface area contributed by atoms with E-state index in [2.05, 4.69) is 26.1 Å². The molecule has 1 aromatic heterocycles. The van der Waals surface area contributed by atoms with E-state index in [1.165, 1.54) is 0 Å². The molecule has 128 valence electrons. The minimum atomic E-state index is -0.0486. The van der Waals surface area contributed by atoms with Crippen LogP contribution in [0.2, 0.25) is 0 Å². The first kappa shape index (κ1) is 16.9. The first-order valence-corrected chi connectivity index (χ1v) is 9.15. The topological polar surface area (TPSA) is 56.1 Å². The fourth-order valence-corrected chi connectivity index (χ4v) is 3.74. The molecule has 2 heterocycles. The van der Waals surface area contributed by atoms with Crippen LogP contribution in [0, 0.1) is 5.41 Å². The maximum atomic E-state index is 12.4. The maximum Gasteiger partial charge on any atom is 0.226 e. The summed E-state index contributed by atoms with van der Waals surface area (Å²) in [6.45, 7) is 6.19. The summed E-state index contributed by atoms with van der Waals surface area (Å²) in [6.07, 6.45) is 0.475. The molecule has 0 aliphatic carbocycles. The summed E-state index contributed by atoms with van der Waals surface area (Å²) in [5.74, 6) is 3.40. The van der Waals surface area contributed by atoms with Gasteiger partial charge in [-0.1, -0.05) is 20.8 Å². The summed E-state index contributed by atoms with van der Waals surface area (Å²) >= 11 is 1.83. The molecule has 0 bridgehead atoms. The van der Waals surface area contributed by atoms with Crippen LogP contribution < -0.4 is 10.1 Å². The van der Waals surface area contributed by atoms with Crippen LogP contribution in [-0.4, -0.2) is 22.8 Å². The Bertz CT molecular complexity index is 745. The number of hydrogen-bond acceptors (Lipinski definition) is 4. The van der Waals surface area contributed by atoms with E-state index in [1.807, 2.05) is 40.7 Å². The van der Waals surface area contributed by atoms with Crippen LogP contribution in [0.25, 0.3) is 5.69 Å². The molecule has 2 aromatic rings. The first-order chi connectivity index (χ1) is 11.4. The fraction of sp³-hybridized carbons (Fsp3) is 0.444. The van der Waals surface area contributed by atoms with Crippen molar-refractivity contribution in [3.8, 4) is 11.4 Å². The van der Waals surface area contributed by atoms with Gasteiger partial charge in [-0.05, 0) is 29.7 Å². The minimum absolute atomic E-state index is 0.0249. The lowest BCUT2D eigenvalue weighted by atomic mass is 9.92. The molecule has 0 unspecified atom stereocenters. The van der Waals surface area contributed by atoms with E-state index < -0.39 is 0 Å². The molecule has 1 aliphatic rings. The number of anilines is 1. The summed E-state index contributed by atoms with van der Waals surface area (Å²) in [7, 11) is 1.65. The van der Waals surface area contributed by atoms with Crippen molar-refractivity contribution in [1.29, 1.82) is 0 Å². The van der Waals surface area contributed by atoms with Gasteiger partial charge in [0.2, 0.25) is 5.91 Å². The number of fused-ring (bicyclic) bond motifs is 1. The zero-order chi connectivity index (χ0) is 17.3. The van der Waals surface area contributed by atoms with Crippen LogP contribution in [0.3, 0.4) is 0 Å². The molecule has 1 amide bonds. The monoisotopic (exact) mass is 345 g/mol. The highest BCUT2D eigenvalue weighted by molar-refractivity contribution is 7.98. The average molecular weight is 345 g/mol. The van der Waals surface area contributed by atoms with E-state index in [0.29, 0.717) is 6.42 Å². The Morgan fingerprint density at radius 2 is 2.00 bits per heavy atom. The quantitative estimate of drug-likeness (QED) is 0.910. The van der Waals surface area contributed by atoms with Gasteiger partial charge in [0.25, 0.3) is 0 Å². The third-order valence-electron chi connectivity index (χ3n) is 3.82. The molecule has 1 aromatic carbocycles. The Kier molecular flexibility index (Phi) is 4.58. The summed E-state index contributed by atoms with van der Waals surface area (Å²) in [6, 6.07) is 7.70. The highest BCUT2D eigenvalue weighted by atomic mass is 32.2. The summed E-state index contributed by atoms with van der Waals surface area (Å²) in [5.41, 5.74) is 3.06. The Morgan fingerprint density at radius 1 is 1.29 bits per heavy atom. The van der Waals surface area contributed by atoms with Crippen LogP contribution >= 0.6 is 11.8 Å². The van der Waals surface area contributed by atoms with Crippen molar-refractivity contribution in [3.05, 3.63) is 35.5 Å². The normalized spacial score (nSPS) is 13.7. The standard InChI is InChI=1S/C18H23N3O2S/c1-18(2,3)9-16(22)19-17-14-10-24-11-15(14)20-21(17)12-5-7-13(23-4)8-6-12/h5-8H,9-11H2,1-4H3,(H,19,22). The van der Waals surface area contributed by atoms with Gasteiger partial charge in [0.1, 0.15) is 11.6 Å². The van der Waals surface area contributed by atoms with Gasteiger partial charge in [-0.25, -0.2) is 4.68 Å². The molecule has 24 heavy (non-hydrogen) atoms. The average Bonchev–Trinajstić information content (AvgIpc) is 3.08. The highest BCUT2D eigenvalue weighted by Gasteiger charge is 2.26. The SMILES string of the molecule is COc1ccc(-n2nc3c(c2NC(=O)CC(C)(C)C)CSC3)cc1. The molecule has 0 radical (unpaired) electrons. The Morgan fingerprint density at radius 3 is 2.62 bits per heavy atom. The van der Waals surface area contributed by atoms with Gasteiger partial charge in [0.15, 0.2) is 0 Å². The van der Waals surface area contributed by atoms with Crippen LogP contribution in [0.15, 0.2) is 24.3 Å². The number of methoxy groups -OCH3 is 1. The van der Waals surface area contributed by atoms with E-state index in [1.54, 1.807) is 7.11 Å². The predicted molar refractivity (Wildman–Crippen MR) is 97.8 cm³/mol. The zero-order valence-corrected chi connectivity index (χ0v) is 15.4. The second-order valence-electron chi connectivity index (χ2n) is 7.16. The van der Waals surface area contributed by atoms with Gasteiger partial charge in [-0.15, -0.1) is 0 Å². The van der Waals surface area contributed by atoms with Gasteiger partial charge < -0.3 is 10.1 Å². The van der Waals surface area contributed by atoms with Crippen LogP contribution in [0.1, 0.15) is 38.4 Å². The molecule has 0 atom stereocenters. The van der Waals surface area contributed by atoms with E-state index in [-0.39, 0.29) is 11.3 Å². The molecule has 0 spiro atoms. The van der Waals surface area contributed by atoms with Gasteiger partial charge in [-0.3, -0.25) is 4.79 Å². The van der Waals surface area contributed by atoms with Crippen molar-refractivity contribution in [2.24, 2.45) is 5.41 Å². The second-order valence-corrected chi connectivity index (χ2v) is 8.15. The number of nitrogens with one attached hydrogen (secondary N) is 1. The number of amides is 1. The largest absolute Gasteiger partial charge is 0.497 e. The summed E-state index contributed by atoms with van der Waals surface area (Å²) < 4.78 is 7.05. The van der Waals surface area contributed by atoms with E-state index in [4.69, 9.17) is 9.84 Å². The third kappa shape index (κ3) is 3.59. The lowest BCUT2D eigenvalue weighted by Gasteiger charge is -2.18. The Hall–Kier alpha value is -1.95. The van der Waals surface area contributed by atoms with Gasteiger partial charge in [-0.2, -0.15) is 16.9 Å². The first-order valence-electron chi connectivity index (χ1n) is 8.00. The highest BCUT2D eigenvalue weighted by Crippen LogP contribution is 2.36. The van der Waals surface area contributed by atoms with Crippen molar-refractivity contribution in [2.45, 2.75) is 38.7 Å². The second kappa shape index (κ2) is 6.51. The van der Waals surface area contributed by atoms with Crippen molar-refractivity contribution in [3.63, 3.8) is 0 Å². The van der Waals surface area contributed by atoms with Gasteiger partial charge in [0, 0.05) is 23.5 Å². The molecule has 6 heteroatoms. The number of hydrogen-bond donors (Lipinski definition) is 1. The minimum Gasteiger partial charge on any atom is -0.497 e. The summed E-state index contributed by atoms with van der Waals surface area (Å²) in [5, 5.41) is 7.80. The fourth-order valence-electron chi connectivity index (χ4n) is 2.71. The third-order valence-corrected chi connectivity index (χ3v) is 4.79. The van der Waals surface area contributed by atoms with Crippen LogP contribution in [0.5, 0.6) is 5.75 Å². The number of aromatic nitrogens is 2. The van der Waals surface area contributed by atoms with Crippen molar-refractivity contribution in [2.75, 3.05) is 12.4 Å². The number of carbonyl (C=O) groups excluding carboxylic acids is 1. The molecule has 0 saturated heterocycles. The molecule has 1 aliphatic heterocycles. The molecule has 1 N–H and O–H groups in total. The molecular weight excluding hydrogens is 322 g/mol. The van der Waals surface area contributed by atoms with Crippen LogP contribution in [0.4, 0.5) is 5.82 Å². The number of thioether (sulfide) groups is 1. The number of carbonyl (C=O) groups is 1. The predicted octanol–water partition coefficient (Wildman–Crippen LogP) is 4.00. The number of rotatable bonds is 4. The smallest absolute Gasteiger partial charge is 0.226 e. The van der Waals surface area contributed by atoms with Gasteiger partial charge >= 0.3 is 0 Å². The number of benzene rings is 1. The maximum absolute atomic E-state index is 12.4. The lowest BCUT2D eigenvalue weighted by Crippen LogP contribution is -2.21. The molecule has 3 rings (SSSR count). The summed E-state index contributed by atoms with van der Waals surface area (Å²) in [4.78, 5) is 12.4. The van der Waals surface area contributed by atoms with E-state index in [0.717, 1.165) is 40.0 Å². The van der Waals surface area contributed by atoms with Crippen molar-refractivity contribution < 1.29 is 9.53 Å². The Balaban J connectivity index is 1.93. The molecule has 5 nitrogen and oxygen atoms in total. The van der Waals surface area contributed by atoms with E-state index in [9.17, 15) is 4.79 Å². The number of ether oxygens (including phenoxy) is 1. The molecule has 0 saturated carbocycles. The van der Waals surface area contributed by atoms with Gasteiger partial charge in [0.05, 0.1) is 18.5 Å². The number of nitrogens with zero attached hydrogens (tertiary/aromatic N) is 2. The van der Waals surface area contributed by atoms with Crippen LogP contribution in [-0.2, 0) is 16.3 Å². The van der Waals surface area contributed by atoms with Crippen molar-refractivity contribution >= 4 is 23.5 Å².